The van der Waals surface area contributed by atoms with E-state index >= 15 is 0 Å². The Kier molecular flexibility index (Phi) is 5.35. The summed E-state index contributed by atoms with van der Waals surface area (Å²) in [4.78, 5) is 0. The summed E-state index contributed by atoms with van der Waals surface area (Å²) in [6.45, 7) is 0.429. The molecule has 0 aliphatic heterocycles. The van der Waals surface area contributed by atoms with Gasteiger partial charge in [-0.15, -0.1) is 0 Å². The number of benzene rings is 1. The number of rotatable bonds is 5. The Hall–Kier alpha value is -2.32. The van der Waals surface area contributed by atoms with Crippen molar-refractivity contribution in [3.8, 4) is 17.6 Å². The molecule has 0 saturated carbocycles. The molecule has 0 aliphatic rings. The SMILES string of the molecule is Cn1nccc1CCOc1ccc(C#CCCO)c(F)c1. The highest BCUT2D eigenvalue weighted by Gasteiger charge is 2.03. The van der Waals surface area contributed by atoms with E-state index in [-0.39, 0.29) is 6.61 Å². The van der Waals surface area contributed by atoms with Crippen LogP contribution < -0.4 is 4.74 Å². The lowest BCUT2D eigenvalue weighted by atomic mass is 10.2. The molecule has 2 aromatic rings. The minimum absolute atomic E-state index is 0.0240. The van der Waals surface area contributed by atoms with Crippen molar-refractivity contribution < 1.29 is 14.2 Å². The molecule has 1 heterocycles. The predicted molar refractivity (Wildman–Crippen MR) is 77.4 cm³/mol. The van der Waals surface area contributed by atoms with Crippen LogP contribution in [0.5, 0.6) is 5.75 Å². The van der Waals surface area contributed by atoms with Crippen LogP contribution in [0.4, 0.5) is 4.39 Å². The summed E-state index contributed by atoms with van der Waals surface area (Å²) in [6, 6.07) is 6.52. The largest absolute Gasteiger partial charge is 0.493 e. The first-order valence-electron chi connectivity index (χ1n) is 6.69. The monoisotopic (exact) mass is 288 g/mol. The number of aliphatic hydroxyl groups is 1. The molecular weight excluding hydrogens is 271 g/mol. The summed E-state index contributed by atoms with van der Waals surface area (Å²) in [6.07, 6.45) is 2.77. The second-order valence-electron chi connectivity index (χ2n) is 4.46. The van der Waals surface area contributed by atoms with Crippen molar-refractivity contribution >= 4 is 0 Å². The van der Waals surface area contributed by atoms with Gasteiger partial charge in [-0.05, 0) is 18.2 Å². The van der Waals surface area contributed by atoms with E-state index in [0.717, 1.165) is 5.69 Å². The molecule has 0 unspecified atom stereocenters. The smallest absolute Gasteiger partial charge is 0.142 e. The molecule has 0 spiro atoms. The number of hydrogen-bond donors (Lipinski definition) is 1. The van der Waals surface area contributed by atoms with Crippen LogP contribution in [0.15, 0.2) is 30.5 Å². The van der Waals surface area contributed by atoms with Gasteiger partial charge in [0.2, 0.25) is 0 Å². The Morgan fingerprint density at radius 3 is 2.90 bits per heavy atom. The normalized spacial score (nSPS) is 10.0. The van der Waals surface area contributed by atoms with Crippen molar-refractivity contribution in [2.45, 2.75) is 12.8 Å². The Morgan fingerprint density at radius 1 is 1.38 bits per heavy atom. The fourth-order valence-corrected chi connectivity index (χ4v) is 1.82. The Balaban J connectivity index is 1.91. The topological polar surface area (TPSA) is 47.3 Å². The number of nitrogens with zero attached hydrogens (tertiary/aromatic N) is 2. The maximum Gasteiger partial charge on any atom is 0.142 e. The molecule has 0 saturated heterocycles. The lowest BCUT2D eigenvalue weighted by molar-refractivity contribution is 0.305. The van der Waals surface area contributed by atoms with E-state index in [2.05, 4.69) is 16.9 Å². The zero-order valence-corrected chi connectivity index (χ0v) is 11.8. The zero-order chi connectivity index (χ0) is 15.1. The Bertz CT molecular complexity index is 656. The van der Waals surface area contributed by atoms with Gasteiger partial charge in [-0.3, -0.25) is 4.68 Å². The van der Waals surface area contributed by atoms with E-state index in [1.807, 2.05) is 13.1 Å². The molecule has 110 valence electrons. The lowest BCUT2D eigenvalue weighted by Gasteiger charge is -2.07. The maximum atomic E-state index is 13.8. The quantitative estimate of drug-likeness (QED) is 0.855. The number of halogens is 1. The summed E-state index contributed by atoms with van der Waals surface area (Å²) < 4.78 is 21.1. The van der Waals surface area contributed by atoms with Crippen molar-refractivity contribution in [3.63, 3.8) is 0 Å². The van der Waals surface area contributed by atoms with Gasteiger partial charge in [-0.2, -0.15) is 5.10 Å². The van der Waals surface area contributed by atoms with Gasteiger partial charge >= 0.3 is 0 Å². The summed E-state index contributed by atoms with van der Waals surface area (Å²) in [5, 5.41) is 12.7. The highest BCUT2D eigenvalue weighted by Crippen LogP contribution is 2.16. The van der Waals surface area contributed by atoms with Gasteiger partial charge in [0.1, 0.15) is 11.6 Å². The molecule has 0 fully saturated rings. The molecule has 1 N–H and O–H groups in total. The van der Waals surface area contributed by atoms with Gasteiger partial charge in [0.25, 0.3) is 0 Å². The molecule has 1 aromatic carbocycles. The highest BCUT2D eigenvalue weighted by molar-refractivity contribution is 5.39. The minimum Gasteiger partial charge on any atom is -0.493 e. The number of aliphatic hydroxyl groups excluding tert-OH is 1. The predicted octanol–water partition coefficient (Wildman–Crippen LogP) is 1.91. The van der Waals surface area contributed by atoms with Crippen LogP contribution in [-0.4, -0.2) is 28.1 Å². The van der Waals surface area contributed by atoms with Gasteiger partial charge in [0.05, 0.1) is 18.8 Å². The van der Waals surface area contributed by atoms with Crippen LogP contribution in [0.1, 0.15) is 17.7 Å². The van der Waals surface area contributed by atoms with Gasteiger partial charge in [0.15, 0.2) is 0 Å². The average molecular weight is 288 g/mol. The molecule has 21 heavy (non-hydrogen) atoms. The second kappa shape index (κ2) is 7.46. The summed E-state index contributed by atoms with van der Waals surface area (Å²) in [7, 11) is 1.87. The Labute approximate surface area is 123 Å². The summed E-state index contributed by atoms with van der Waals surface area (Å²) in [5.41, 5.74) is 1.37. The van der Waals surface area contributed by atoms with Crippen LogP contribution >= 0.6 is 0 Å². The first-order chi connectivity index (χ1) is 10.2. The second-order valence-corrected chi connectivity index (χ2v) is 4.46. The van der Waals surface area contributed by atoms with E-state index < -0.39 is 5.82 Å². The van der Waals surface area contributed by atoms with Crippen molar-refractivity contribution in [2.75, 3.05) is 13.2 Å². The third-order valence-corrected chi connectivity index (χ3v) is 2.95. The highest BCUT2D eigenvalue weighted by atomic mass is 19.1. The third-order valence-electron chi connectivity index (χ3n) is 2.95. The fourth-order valence-electron chi connectivity index (χ4n) is 1.82. The van der Waals surface area contributed by atoms with Gasteiger partial charge in [-0.25, -0.2) is 4.39 Å². The molecule has 1 aromatic heterocycles. The molecule has 4 nitrogen and oxygen atoms in total. The van der Waals surface area contributed by atoms with E-state index in [4.69, 9.17) is 9.84 Å². The van der Waals surface area contributed by atoms with Crippen LogP contribution in [0, 0.1) is 17.7 Å². The molecule has 2 rings (SSSR count). The first-order valence-corrected chi connectivity index (χ1v) is 6.69. The summed E-state index contributed by atoms with van der Waals surface area (Å²) >= 11 is 0. The maximum absolute atomic E-state index is 13.8. The van der Waals surface area contributed by atoms with Crippen molar-refractivity contribution in [1.29, 1.82) is 0 Å². The molecule has 5 heteroatoms. The Morgan fingerprint density at radius 2 is 2.24 bits per heavy atom. The van der Waals surface area contributed by atoms with Crippen molar-refractivity contribution in [3.05, 3.63) is 47.5 Å². The third kappa shape index (κ3) is 4.33. The van der Waals surface area contributed by atoms with Crippen LogP contribution in [0.3, 0.4) is 0 Å². The molecular formula is C16H17FN2O2. The minimum atomic E-state index is -0.418. The van der Waals surface area contributed by atoms with Crippen molar-refractivity contribution in [1.82, 2.24) is 9.78 Å². The molecule has 0 amide bonds. The average Bonchev–Trinajstić information content (AvgIpc) is 2.87. The number of aryl methyl sites for hydroxylation is 1. The van der Waals surface area contributed by atoms with Crippen LogP contribution in [0.2, 0.25) is 0 Å². The molecule has 0 radical (unpaired) electrons. The van der Waals surface area contributed by atoms with E-state index in [1.165, 1.54) is 6.07 Å². The molecule has 0 aliphatic carbocycles. The van der Waals surface area contributed by atoms with Crippen LogP contribution in [0.25, 0.3) is 0 Å². The van der Waals surface area contributed by atoms with Crippen molar-refractivity contribution in [2.24, 2.45) is 7.05 Å². The van der Waals surface area contributed by atoms with Gasteiger partial charge < -0.3 is 9.84 Å². The van der Waals surface area contributed by atoms with E-state index in [0.29, 0.717) is 30.8 Å². The van der Waals surface area contributed by atoms with E-state index in [1.54, 1.807) is 23.0 Å². The molecule has 0 atom stereocenters. The van der Waals surface area contributed by atoms with Crippen LogP contribution in [-0.2, 0) is 13.5 Å². The fraction of sp³-hybridized carbons (Fsp3) is 0.312. The van der Waals surface area contributed by atoms with Gasteiger partial charge in [0, 0.05) is 37.8 Å². The lowest BCUT2D eigenvalue weighted by Crippen LogP contribution is -2.06. The number of aromatic nitrogens is 2. The number of hydrogen-bond acceptors (Lipinski definition) is 3. The van der Waals surface area contributed by atoms with E-state index in [9.17, 15) is 4.39 Å². The number of ether oxygens (including phenoxy) is 1. The standard InChI is InChI=1S/C16H17FN2O2/c1-19-14(7-9-18-19)8-11-21-15-6-5-13(16(17)12-15)4-2-3-10-20/h5-7,9,12,20H,3,8,10-11H2,1H3. The van der Waals surface area contributed by atoms with Gasteiger partial charge in [-0.1, -0.05) is 11.8 Å². The zero-order valence-electron chi connectivity index (χ0n) is 11.8. The molecule has 0 bridgehead atoms. The summed E-state index contributed by atoms with van der Waals surface area (Å²) in [5.74, 6) is 5.42. The first kappa shape index (κ1) is 15.1.